The highest BCUT2D eigenvalue weighted by atomic mass is 35.5. The number of nitrogens with two attached hydrogens (primary N) is 1. The van der Waals surface area contributed by atoms with Crippen LogP contribution in [0.2, 0.25) is 0 Å². The fraction of sp³-hybridized carbons (Fsp3) is 0.200. The molecule has 5 nitrogen and oxygen atoms in total. The number of rotatable bonds is 2. The quantitative estimate of drug-likeness (QED) is 0.634. The molecule has 0 unspecified atom stereocenters. The highest BCUT2D eigenvalue weighted by Crippen LogP contribution is 2.34. The number of H-pyrrole nitrogens is 1. The third kappa shape index (κ3) is 4.06. The highest BCUT2D eigenvalue weighted by molar-refractivity contribution is 5.91. The van der Waals surface area contributed by atoms with Crippen LogP contribution in [0.1, 0.15) is 19.4 Å². The van der Waals surface area contributed by atoms with Crippen molar-refractivity contribution in [3.05, 3.63) is 42.2 Å². The summed E-state index contributed by atoms with van der Waals surface area (Å²) in [5, 5.41) is 17.7. The van der Waals surface area contributed by atoms with Crippen LogP contribution in [0.15, 0.2) is 36.7 Å². The molecule has 2 aromatic heterocycles. The molecular formula is C15H19Cl3N4O. The van der Waals surface area contributed by atoms with Gasteiger partial charge in [0.1, 0.15) is 5.75 Å². The van der Waals surface area contributed by atoms with Crippen LogP contribution >= 0.6 is 37.2 Å². The van der Waals surface area contributed by atoms with E-state index in [0.717, 1.165) is 11.1 Å². The van der Waals surface area contributed by atoms with Gasteiger partial charge in [-0.15, -0.1) is 37.2 Å². The molecule has 2 heterocycles. The third-order valence-electron chi connectivity index (χ3n) is 3.38. The molecule has 8 heteroatoms. The highest BCUT2D eigenvalue weighted by Gasteiger charge is 2.16. The second kappa shape index (κ2) is 7.84. The van der Waals surface area contributed by atoms with Gasteiger partial charge in [0.15, 0.2) is 0 Å². The molecule has 0 radical (unpaired) electrons. The number of aromatic amines is 1. The Bertz CT molecular complexity index is 766. The van der Waals surface area contributed by atoms with Gasteiger partial charge in [0.2, 0.25) is 0 Å². The number of hydrogen-bond donors (Lipinski definition) is 3. The number of nitrogens with one attached hydrogen (secondary N) is 1. The second-order valence-corrected chi connectivity index (χ2v) is 5.45. The fourth-order valence-electron chi connectivity index (χ4n) is 2.14. The average molecular weight is 378 g/mol. The number of benzene rings is 1. The third-order valence-corrected chi connectivity index (χ3v) is 3.38. The number of nitrogens with zero attached hydrogens (tertiary/aromatic N) is 2. The van der Waals surface area contributed by atoms with Gasteiger partial charge in [-0.1, -0.05) is 6.07 Å². The molecule has 4 N–H and O–H groups in total. The molecular weight excluding hydrogens is 359 g/mol. The number of phenols is 1. The van der Waals surface area contributed by atoms with Gasteiger partial charge in [0.05, 0.1) is 22.8 Å². The Morgan fingerprint density at radius 1 is 1.04 bits per heavy atom. The van der Waals surface area contributed by atoms with Gasteiger partial charge in [0.25, 0.3) is 0 Å². The van der Waals surface area contributed by atoms with E-state index in [1.54, 1.807) is 12.4 Å². The first-order valence-electron chi connectivity index (χ1n) is 6.37. The van der Waals surface area contributed by atoms with E-state index in [1.807, 2.05) is 38.1 Å². The summed E-state index contributed by atoms with van der Waals surface area (Å²) in [6.45, 7) is 3.86. The Morgan fingerprint density at radius 3 is 2.30 bits per heavy atom. The number of phenolic OH excluding ortho intramolecular Hbond substituents is 1. The van der Waals surface area contributed by atoms with Crippen molar-refractivity contribution in [2.75, 3.05) is 0 Å². The molecule has 0 aliphatic heterocycles. The van der Waals surface area contributed by atoms with Gasteiger partial charge in [0, 0.05) is 17.3 Å². The molecule has 0 saturated carbocycles. The van der Waals surface area contributed by atoms with E-state index in [4.69, 9.17) is 5.73 Å². The lowest BCUT2D eigenvalue weighted by atomic mass is 9.96. The minimum Gasteiger partial charge on any atom is -0.506 e. The Morgan fingerprint density at radius 2 is 1.74 bits per heavy atom. The first-order chi connectivity index (χ1) is 9.47. The summed E-state index contributed by atoms with van der Waals surface area (Å²) in [6.07, 6.45) is 3.35. The molecule has 126 valence electrons. The number of pyridine rings is 1. The van der Waals surface area contributed by atoms with E-state index < -0.39 is 5.54 Å². The molecule has 3 rings (SSSR count). The van der Waals surface area contributed by atoms with E-state index in [-0.39, 0.29) is 43.0 Å². The van der Waals surface area contributed by atoms with Crippen molar-refractivity contribution in [1.82, 2.24) is 15.2 Å². The minimum absolute atomic E-state index is 0. The zero-order valence-corrected chi connectivity index (χ0v) is 15.1. The van der Waals surface area contributed by atoms with Crippen molar-refractivity contribution in [1.29, 1.82) is 0 Å². The Kier molecular flexibility index (Phi) is 7.31. The van der Waals surface area contributed by atoms with Crippen LogP contribution in [0.5, 0.6) is 5.75 Å². The van der Waals surface area contributed by atoms with Crippen LogP contribution < -0.4 is 5.73 Å². The van der Waals surface area contributed by atoms with Crippen LogP contribution in [0.25, 0.3) is 22.2 Å². The van der Waals surface area contributed by atoms with Gasteiger partial charge in [-0.05, 0) is 37.6 Å². The van der Waals surface area contributed by atoms with E-state index >= 15 is 0 Å². The van der Waals surface area contributed by atoms with Crippen molar-refractivity contribution < 1.29 is 5.11 Å². The molecule has 0 saturated heterocycles. The maximum atomic E-state index is 10.3. The summed E-state index contributed by atoms with van der Waals surface area (Å²) >= 11 is 0. The molecule has 0 atom stereocenters. The van der Waals surface area contributed by atoms with Crippen LogP contribution in [0, 0.1) is 0 Å². The van der Waals surface area contributed by atoms with Gasteiger partial charge in [-0.3, -0.25) is 10.1 Å². The molecule has 0 aliphatic rings. The second-order valence-electron chi connectivity index (χ2n) is 5.45. The number of aromatic hydroxyl groups is 1. The molecule has 0 bridgehead atoms. The summed E-state index contributed by atoms with van der Waals surface area (Å²) in [5.41, 5.74) is 8.74. The molecule has 0 aliphatic carbocycles. The van der Waals surface area contributed by atoms with Crippen LogP contribution in [0.4, 0.5) is 0 Å². The van der Waals surface area contributed by atoms with Gasteiger partial charge in [-0.25, -0.2) is 0 Å². The molecule has 1 aromatic carbocycles. The molecule has 0 amide bonds. The molecule has 3 aromatic rings. The standard InChI is InChI=1S/C15H16N4O.3ClH/c1-15(2,16)9-3-5-12(17-7-9)10-4-6-13-11(14(10)20)8-18-19-13;;;/h3-8,20H,16H2,1-2H3,(H,18,19);3*1H. The van der Waals surface area contributed by atoms with Crippen molar-refractivity contribution in [2.24, 2.45) is 5.73 Å². The molecule has 0 fully saturated rings. The monoisotopic (exact) mass is 376 g/mol. The van der Waals surface area contributed by atoms with E-state index in [2.05, 4.69) is 15.2 Å². The van der Waals surface area contributed by atoms with Crippen molar-refractivity contribution in [3.8, 4) is 17.0 Å². The first kappa shape index (κ1) is 21.5. The summed E-state index contributed by atoms with van der Waals surface area (Å²) in [5.74, 6) is 0.184. The van der Waals surface area contributed by atoms with Gasteiger partial charge >= 0.3 is 0 Å². The topological polar surface area (TPSA) is 87.8 Å². The summed E-state index contributed by atoms with van der Waals surface area (Å²) < 4.78 is 0. The van der Waals surface area contributed by atoms with Crippen LogP contribution in [0.3, 0.4) is 0 Å². The van der Waals surface area contributed by atoms with Crippen LogP contribution in [-0.2, 0) is 5.54 Å². The average Bonchev–Trinajstić information content (AvgIpc) is 2.88. The Balaban J connectivity index is 0.00000161. The lowest BCUT2D eigenvalue weighted by Gasteiger charge is -2.18. The lowest BCUT2D eigenvalue weighted by molar-refractivity contribution is 0.483. The maximum absolute atomic E-state index is 10.3. The largest absolute Gasteiger partial charge is 0.506 e. The van der Waals surface area contributed by atoms with E-state index in [1.165, 1.54) is 0 Å². The fourth-order valence-corrected chi connectivity index (χ4v) is 2.14. The van der Waals surface area contributed by atoms with Gasteiger partial charge in [-0.2, -0.15) is 5.10 Å². The summed E-state index contributed by atoms with van der Waals surface area (Å²) in [6, 6.07) is 7.50. The smallest absolute Gasteiger partial charge is 0.135 e. The summed E-state index contributed by atoms with van der Waals surface area (Å²) in [7, 11) is 0. The lowest BCUT2D eigenvalue weighted by Crippen LogP contribution is -2.28. The zero-order chi connectivity index (χ0) is 14.3. The SMILES string of the molecule is CC(C)(N)c1ccc(-c2ccc3[nH]ncc3c2O)nc1.Cl.Cl.Cl. The number of hydrogen-bond acceptors (Lipinski definition) is 4. The first-order valence-corrected chi connectivity index (χ1v) is 6.37. The minimum atomic E-state index is -0.428. The zero-order valence-electron chi connectivity index (χ0n) is 12.6. The molecule has 23 heavy (non-hydrogen) atoms. The maximum Gasteiger partial charge on any atom is 0.135 e. The van der Waals surface area contributed by atoms with E-state index in [9.17, 15) is 5.11 Å². The molecule has 0 spiro atoms. The van der Waals surface area contributed by atoms with E-state index in [0.29, 0.717) is 16.6 Å². The summed E-state index contributed by atoms with van der Waals surface area (Å²) in [4.78, 5) is 4.40. The normalized spacial score (nSPS) is 10.4. The van der Waals surface area contributed by atoms with Crippen molar-refractivity contribution in [2.45, 2.75) is 19.4 Å². The predicted octanol–water partition coefficient (Wildman–Crippen LogP) is 3.79. The predicted molar refractivity (Wildman–Crippen MR) is 99.9 cm³/mol. The Labute approximate surface area is 152 Å². The van der Waals surface area contributed by atoms with Crippen molar-refractivity contribution in [3.63, 3.8) is 0 Å². The van der Waals surface area contributed by atoms with Gasteiger partial charge < -0.3 is 10.8 Å². The Hall–Kier alpha value is -1.53. The van der Waals surface area contributed by atoms with Crippen molar-refractivity contribution >= 4 is 48.1 Å². The van der Waals surface area contributed by atoms with Crippen LogP contribution in [-0.4, -0.2) is 20.3 Å². The number of halogens is 3. The number of fused-ring (bicyclic) bond motifs is 1. The number of aromatic nitrogens is 3.